The van der Waals surface area contributed by atoms with Gasteiger partial charge in [0.1, 0.15) is 47.4 Å². The maximum atomic E-state index is 15.7. The van der Waals surface area contributed by atoms with Crippen molar-refractivity contribution >= 4 is 87.7 Å². The maximum Gasteiger partial charge on any atom is 0.490 e. The number of nitrogens with zero attached hydrogens (tertiary/aromatic N) is 5. The van der Waals surface area contributed by atoms with Gasteiger partial charge in [-0.05, 0) is 112 Å². The molecule has 9 aliphatic rings. The minimum Gasteiger partial charge on any atom is -0.496 e. The summed E-state index contributed by atoms with van der Waals surface area (Å²) in [5, 5.41) is 88.2. The number of likely N-dealkylation sites (N-methyl/N-ethyl adjacent to an activating group) is 1. The van der Waals surface area contributed by atoms with Gasteiger partial charge in [0, 0.05) is 123 Å². The molecule has 654 valence electrons. The van der Waals surface area contributed by atoms with Crippen LogP contribution in [0.4, 0.5) is 18.9 Å². The summed E-state index contributed by atoms with van der Waals surface area (Å²) >= 11 is 0. The molecule has 2 saturated carbocycles. The number of primary amides is 1. The summed E-state index contributed by atoms with van der Waals surface area (Å²) in [6, 6.07) is 0.780. The van der Waals surface area contributed by atoms with E-state index in [0.717, 1.165) is 33.4 Å². The van der Waals surface area contributed by atoms with Crippen molar-refractivity contribution < 1.29 is 125 Å². The molecule has 1 spiro atoms. The van der Waals surface area contributed by atoms with Crippen molar-refractivity contribution in [1.82, 2.24) is 51.2 Å². The molecule has 18 atom stereocenters. The number of amides is 8. The Kier molecular flexibility index (Phi) is 27.6. The van der Waals surface area contributed by atoms with Crippen LogP contribution in [0.1, 0.15) is 139 Å². The van der Waals surface area contributed by atoms with Crippen molar-refractivity contribution in [2.75, 3.05) is 105 Å². The van der Waals surface area contributed by atoms with Gasteiger partial charge in [-0.25, -0.2) is 9.59 Å². The van der Waals surface area contributed by atoms with Gasteiger partial charge in [0.25, 0.3) is 0 Å². The van der Waals surface area contributed by atoms with Crippen molar-refractivity contribution in [3.8, 4) is 5.75 Å². The molecular formula is C81H111F3N12O23. The number of nitrogens with two attached hydrogens (primary N) is 1. The molecule has 119 heavy (non-hydrogen) atoms. The molecule has 1 aromatic heterocycles. The number of hydrogen-bond donors (Lipinski definition) is 14. The van der Waals surface area contributed by atoms with Gasteiger partial charge in [0.05, 0.1) is 65.3 Å². The number of H-pyrrole nitrogens is 1. The number of methoxy groups -OCH3 is 3. The SMILES string of the molecule is CC[C@]1(O)C[C@@H]2CN(CCc3c([nH]c4ccccc34)[C@@](C(=O)OC)(c3cc4c(cc3OC)N(C)C3C45CCN4CC=C[C@](CC)(C45)[C@@H](OC(=O)CC4CCN(C(=O)[C@H](CO)NC(=O)[C@H](CCC(N)=O)NC(=O)C(NC(=O)[C@H](CO)NC(=O)[C@H](CO)NC(=O)[C@H]5CC(O)CN5C(C)=O)C5CCCCC5)C4)[C@]3(O)C(=O)OC)C2)C1.O=C(O)C(F)(F)F. The van der Waals surface area contributed by atoms with E-state index < -0.39 is 210 Å². The lowest BCUT2D eigenvalue weighted by molar-refractivity contribution is -0.229. The Labute approximate surface area is 684 Å². The first-order valence-electron chi connectivity index (χ1n) is 40.6. The van der Waals surface area contributed by atoms with E-state index in [1.165, 1.54) is 33.2 Å². The van der Waals surface area contributed by atoms with Crippen molar-refractivity contribution in [1.29, 1.82) is 0 Å². The Balaban J connectivity index is 0.00000189. The minimum atomic E-state index is -5.08. The number of nitrogens with one attached hydrogen (secondary N) is 6. The monoisotopic (exact) mass is 1680 g/mol. The number of carboxylic acids is 1. The minimum absolute atomic E-state index is 0.0376. The van der Waals surface area contributed by atoms with Crippen LogP contribution in [0.25, 0.3) is 10.9 Å². The molecule has 0 radical (unpaired) electrons. The number of aliphatic hydroxyl groups is 6. The van der Waals surface area contributed by atoms with Gasteiger partial charge in [0.15, 0.2) is 6.10 Å². The van der Waals surface area contributed by atoms with Gasteiger partial charge in [-0.2, -0.15) is 13.2 Å². The largest absolute Gasteiger partial charge is 0.496 e. The van der Waals surface area contributed by atoms with Crippen molar-refractivity contribution in [3.05, 3.63) is 70.9 Å². The lowest BCUT2D eigenvalue weighted by Gasteiger charge is -2.63. The lowest BCUT2D eigenvalue weighted by Crippen LogP contribution is -2.81. The summed E-state index contributed by atoms with van der Waals surface area (Å²) in [5.74, 6) is -13.4. The number of benzene rings is 2. The quantitative estimate of drug-likeness (QED) is 0.0249. The molecule has 8 amide bonds. The number of hydrogen-bond acceptors (Lipinski definition) is 25. The summed E-state index contributed by atoms with van der Waals surface area (Å²) < 4.78 is 56.7. The number of alkyl halides is 3. The zero-order valence-electron chi connectivity index (χ0n) is 67.8. The summed E-state index contributed by atoms with van der Waals surface area (Å²) in [5.41, 5.74) is 2.12. The molecule has 2 aromatic carbocycles. The molecule has 7 aliphatic heterocycles. The number of esters is 3. The van der Waals surface area contributed by atoms with Gasteiger partial charge in [-0.1, -0.05) is 63.5 Å². The number of piperidine rings is 1. The zero-order valence-corrected chi connectivity index (χ0v) is 67.8. The molecule has 2 bridgehead atoms. The van der Waals surface area contributed by atoms with Gasteiger partial charge < -0.3 is 107 Å². The third-order valence-corrected chi connectivity index (χ3v) is 26.3. The number of anilines is 1. The number of carboxylic acid groups (broad SMARTS) is 1. The van der Waals surface area contributed by atoms with Crippen LogP contribution in [-0.4, -0.2) is 310 Å². The number of rotatable bonds is 27. The predicted octanol–water partition coefficient (Wildman–Crippen LogP) is -0.929. The van der Waals surface area contributed by atoms with Crippen LogP contribution in [0.5, 0.6) is 5.75 Å². The van der Waals surface area contributed by atoms with E-state index in [9.17, 15) is 82.2 Å². The summed E-state index contributed by atoms with van der Waals surface area (Å²) in [4.78, 5) is 176. The number of β-amino-alcohol motifs (C(OH)–C–C–N with tert-alkyl or cyclic N) is 1. The topological polar surface area (TPSA) is 502 Å². The number of fused-ring (bicyclic) bond motifs is 6. The molecule has 7 unspecified atom stereocenters. The third-order valence-electron chi connectivity index (χ3n) is 26.3. The standard InChI is InChI=1S/C79H110N12O21.C2HF3O2/c1-8-75(107)34-45-35-78(73(105)110-6,63-49(23-27-88(36-45)42-75)48-18-13-14-19-52(48)81-63)51-32-50-57(33-59(51)109-5)87(4)71-77(50)25-29-89-26-15-24-76(9-2,70(77)89)72(79(71,108)74(106)111-7)112-61(98)30-44-22-28-90(37-44)69(104)56(41-94)85-64(99)53(20-21-60(80)97)82-68(103)62(46-16-11-10-12-17-46)86-66(101)55(40-93)83-65(100)54(39-92)84-67(102)58-31-47(96)38-91(58)43(3)95;3-2(4,5)1(6)7/h13-15,18-19,24,32-33,44-47,53-56,58,62,70-72,81,92-94,96,107-108H,8-12,16-17,20-23,25-31,34-42H2,1-7H3,(H2,80,97)(H,82,103)(H,83,100)(H,84,102)(H,85,99)(H,86,101);(H,6,7)/t44?,45-,47?,53-,54-,55-,56-,58+,62?,70?,71?,72+,75-,76+,77?,78-,79-;/m0./s1. The average Bonchev–Trinajstić information content (AvgIpc) is 1.49. The second-order valence-corrected chi connectivity index (χ2v) is 33.3. The molecule has 38 heteroatoms. The molecule has 6 fully saturated rings. The number of halogens is 3. The second-order valence-electron chi connectivity index (χ2n) is 33.3. The van der Waals surface area contributed by atoms with Crippen LogP contribution >= 0.6 is 0 Å². The number of aliphatic hydroxyl groups excluding tert-OH is 4. The molecule has 15 N–H and O–H groups in total. The fourth-order valence-electron chi connectivity index (χ4n) is 20.9. The van der Waals surface area contributed by atoms with Crippen LogP contribution in [0, 0.1) is 23.2 Å². The van der Waals surface area contributed by atoms with E-state index in [2.05, 4.69) is 41.4 Å². The van der Waals surface area contributed by atoms with E-state index >= 15 is 14.4 Å². The normalized spacial score (nSPS) is 29.5. The number of carbonyl (C=O) groups is 12. The lowest BCUT2D eigenvalue weighted by atomic mass is 9.47. The summed E-state index contributed by atoms with van der Waals surface area (Å²) in [7, 11) is 5.86. The highest BCUT2D eigenvalue weighted by molar-refractivity contribution is 5.99. The molecule has 12 rings (SSSR count). The van der Waals surface area contributed by atoms with Crippen LogP contribution in [-0.2, 0) is 89.0 Å². The van der Waals surface area contributed by atoms with E-state index in [1.54, 1.807) is 7.05 Å². The smallest absolute Gasteiger partial charge is 0.490 e. The first-order chi connectivity index (χ1) is 56.4. The van der Waals surface area contributed by atoms with Crippen LogP contribution < -0.4 is 42.0 Å². The summed E-state index contributed by atoms with van der Waals surface area (Å²) in [6.45, 7) is 4.61. The Morgan fingerprint density at radius 3 is 2.03 bits per heavy atom. The third kappa shape index (κ3) is 17.3. The number of para-hydroxylation sites is 1. The number of aromatic amines is 1. The Morgan fingerprint density at radius 1 is 0.748 bits per heavy atom. The highest BCUT2D eigenvalue weighted by atomic mass is 19.4. The molecule has 35 nitrogen and oxygen atoms in total. The molecular weight excluding hydrogens is 1570 g/mol. The van der Waals surface area contributed by atoms with E-state index in [-0.39, 0.29) is 57.7 Å². The Hall–Kier alpha value is -9.57. The van der Waals surface area contributed by atoms with Gasteiger partial charge in [0.2, 0.25) is 52.9 Å². The van der Waals surface area contributed by atoms with E-state index in [1.807, 2.05) is 67.3 Å². The molecule has 4 saturated heterocycles. The van der Waals surface area contributed by atoms with Gasteiger partial charge in [-0.15, -0.1) is 0 Å². The second kappa shape index (κ2) is 36.4. The number of aromatic nitrogens is 1. The highest BCUT2D eigenvalue weighted by Gasteiger charge is 2.81. The Bertz CT molecular complexity index is 4390. The van der Waals surface area contributed by atoms with E-state index in [4.69, 9.17) is 34.6 Å². The van der Waals surface area contributed by atoms with Gasteiger partial charge in [-0.3, -0.25) is 57.7 Å². The van der Waals surface area contributed by atoms with E-state index in [0.29, 0.717) is 107 Å². The Morgan fingerprint density at radius 2 is 1.39 bits per heavy atom. The van der Waals surface area contributed by atoms with Gasteiger partial charge >= 0.3 is 30.1 Å². The molecule has 2 aliphatic carbocycles. The van der Waals surface area contributed by atoms with Crippen molar-refractivity contribution in [2.24, 2.45) is 28.9 Å². The van der Waals surface area contributed by atoms with Crippen LogP contribution in [0.2, 0.25) is 0 Å². The van der Waals surface area contributed by atoms with Crippen molar-refractivity contribution in [3.63, 3.8) is 0 Å². The molecule has 8 heterocycles. The highest BCUT2D eigenvalue weighted by Crippen LogP contribution is 2.68. The average molecular weight is 1680 g/mol. The first kappa shape index (κ1) is 90.2. The zero-order chi connectivity index (χ0) is 86.8. The fraction of sp³-hybridized carbons (Fsp3) is 0.654. The number of carbonyl (C=O) groups excluding carboxylic acids is 11. The fourth-order valence-corrected chi connectivity index (χ4v) is 20.9. The van der Waals surface area contributed by atoms with Crippen molar-refractivity contribution in [2.45, 2.75) is 212 Å². The predicted molar refractivity (Wildman–Crippen MR) is 415 cm³/mol. The number of aliphatic carboxylic acids is 1. The van der Waals surface area contributed by atoms with Crippen LogP contribution in [0.3, 0.4) is 0 Å². The maximum absolute atomic E-state index is 15.7. The number of likely N-dealkylation sites (tertiary alicyclic amines) is 2. The molecule has 3 aromatic rings. The first-order valence-corrected chi connectivity index (χ1v) is 40.6. The number of ether oxygens (including phenoxy) is 4. The summed E-state index contributed by atoms with van der Waals surface area (Å²) in [6.07, 6.45) is 0.331. The van der Waals surface area contributed by atoms with Crippen LogP contribution in [0.15, 0.2) is 48.6 Å².